The minimum atomic E-state index is -0.539. The van der Waals surface area contributed by atoms with E-state index in [-0.39, 0.29) is 5.92 Å². The van der Waals surface area contributed by atoms with E-state index in [1.54, 1.807) is 6.20 Å². The van der Waals surface area contributed by atoms with Gasteiger partial charge in [-0.3, -0.25) is 4.98 Å². The molecule has 96 valence electrons. The highest BCUT2D eigenvalue weighted by molar-refractivity contribution is 5.82. The average Bonchev–Trinajstić information content (AvgIpc) is 2.38. The van der Waals surface area contributed by atoms with Crippen LogP contribution in [0.4, 0.5) is 0 Å². The van der Waals surface area contributed by atoms with E-state index in [0.717, 1.165) is 16.5 Å². The Balaban J connectivity index is 2.47. The van der Waals surface area contributed by atoms with Crippen LogP contribution in [0.25, 0.3) is 10.9 Å². The number of hydrogen-bond acceptors (Lipinski definition) is 3. The van der Waals surface area contributed by atoms with Gasteiger partial charge in [-0.15, -0.1) is 0 Å². The third-order valence-corrected chi connectivity index (χ3v) is 3.53. The molecule has 1 aromatic carbocycles. The third kappa shape index (κ3) is 2.37. The lowest BCUT2D eigenvalue weighted by atomic mass is 9.85. The number of aromatic nitrogens is 1. The van der Waals surface area contributed by atoms with Crippen molar-refractivity contribution >= 4 is 10.9 Å². The molecule has 0 aliphatic rings. The van der Waals surface area contributed by atoms with E-state index >= 15 is 0 Å². The molecular formula is C15H20N2O. The van der Waals surface area contributed by atoms with Gasteiger partial charge < -0.3 is 10.8 Å². The largest absolute Gasteiger partial charge is 0.388 e. The van der Waals surface area contributed by atoms with E-state index in [2.05, 4.69) is 18.8 Å². The lowest BCUT2D eigenvalue weighted by Crippen LogP contribution is -2.26. The molecule has 1 aromatic heterocycles. The van der Waals surface area contributed by atoms with Crippen molar-refractivity contribution < 1.29 is 5.11 Å². The molecule has 3 N–H and O–H groups in total. The molecule has 2 aromatic rings. The van der Waals surface area contributed by atoms with Crippen molar-refractivity contribution in [2.45, 2.75) is 20.0 Å². The highest BCUT2D eigenvalue weighted by Gasteiger charge is 2.24. The molecule has 0 fully saturated rings. The Morgan fingerprint density at radius 1 is 1.22 bits per heavy atom. The van der Waals surface area contributed by atoms with Crippen LogP contribution in [-0.2, 0) is 0 Å². The van der Waals surface area contributed by atoms with Gasteiger partial charge in [0.1, 0.15) is 0 Å². The fraction of sp³-hybridized carbons (Fsp3) is 0.400. The summed E-state index contributed by atoms with van der Waals surface area (Å²) in [7, 11) is 0. The molecule has 0 aliphatic carbocycles. The predicted molar refractivity (Wildman–Crippen MR) is 74.1 cm³/mol. The van der Waals surface area contributed by atoms with Gasteiger partial charge in [0.2, 0.25) is 0 Å². The Kier molecular flexibility index (Phi) is 3.94. The molecule has 1 heterocycles. The van der Waals surface area contributed by atoms with Gasteiger partial charge in [-0.05, 0) is 30.2 Å². The summed E-state index contributed by atoms with van der Waals surface area (Å²) in [5.41, 5.74) is 7.61. The first-order chi connectivity index (χ1) is 8.65. The molecule has 0 amide bonds. The van der Waals surface area contributed by atoms with Crippen LogP contribution in [-0.4, -0.2) is 16.6 Å². The van der Waals surface area contributed by atoms with Gasteiger partial charge in [0.05, 0.1) is 11.6 Å². The summed E-state index contributed by atoms with van der Waals surface area (Å²) in [6.07, 6.45) is 1.23. The van der Waals surface area contributed by atoms with Gasteiger partial charge in [0, 0.05) is 17.5 Å². The first-order valence-electron chi connectivity index (χ1n) is 6.37. The highest BCUT2D eigenvalue weighted by atomic mass is 16.3. The van der Waals surface area contributed by atoms with E-state index in [1.165, 1.54) is 0 Å². The quantitative estimate of drug-likeness (QED) is 0.868. The number of pyridine rings is 1. The van der Waals surface area contributed by atoms with E-state index in [0.29, 0.717) is 12.5 Å². The fourth-order valence-electron chi connectivity index (χ4n) is 2.38. The maximum Gasteiger partial charge on any atom is 0.0839 e. The van der Waals surface area contributed by atoms with Gasteiger partial charge in [-0.1, -0.05) is 32.0 Å². The van der Waals surface area contributed by atoms with Gasteiger partial charge in [-0.2, -0.15) is 0 Å². The molecule has 2 rings (SSSR count). The zero-order chi connectivity index (χ0) is 13.1. The zero-order valence-electron chi connectivity index (χ0n) is 10.9. The second-order valence-corrected chi connectivity index (χ2v) is 5.01. The van der Waals surface area contributed by atoms with Crippen LogP contribution in [0, 0.1) is 11.8 Å². The Hall–Kier alpha value is -1.45. The molecule has 3 nitrogen and oxygen atoms in total. The number of hydrogen-bond donors (Lipinski definition) is 2. The Morgan fingerprint density at radius 2 is 2.00 bits per heavy atom. The highest BCUT2D eigenvalue weighted by Crippen LogP contribution is 2.31. The molecule has 0 bridgehead atoms. The second kappa shape index (κ2) is 5.46. The number of nitrogens with zero attached hydrogens (tertiary/aromatic N) is 1. The standard InChI is InChI=1S/C15H20N2O/c1-10(2)13(9-16)15(18)12-5-3-7-14-11(12)6-4-8-17-14/h3-8,10,13,15,18H,9,16H2,1-2H3. The summed E-state index contributed by atoms with van der Waals surface area (Å²) in [5, 5.41) is 11.5. The summed E-state index contributed by atoms with van der Waals surface area (Å²) in [5.74, 6) is 0.410. The molecule has 0 radical (unpaired) electrons. The normalized spacial score (nSPS) is 14.9. The minimum Gasteiger partial charge on any atom is -0.388 e. The van der Waals surface area contributed by atoms with E-state index in [1.807, 2.05) is 30.3 Å². The van der Waals surface area contributed by atoms with Crippen molar-refractivity contribution in [1.29, 1.82) is 0 Å². The molecule has 0 saturated carbocycles. The molecule has 0 spiro atoms. The first-order valence-corrected chi connectivity index (χ1v) is 6.37. The summed E-state index contributed by atoms with van der Waals surface area (Å²) in [4.78, 5) is 4.31. The topological polar surface area (TPSA) is 59.1 Å². The van der Waals surface area contributed by atoms with Gasteiger partial charge in [0.15, 0.2) is 0 Å². The fourth-order valence-corrected chi connectivity index (χ4v) is 2.38. The summed E-state index contributed by atoms with van der Waals surface area (Å²) < 4.78 is 0. The molecule has 0 aliphatic heterocycles. The molecule has 2 unspecified atom stereocenters. The third-order valence-electron chi connectivity index (χ3n) is 3.53. The molecule has 2 atom stereocenters. The van der Waals surface area contributed by atoms with E-state index < -0.39 is 6.10 Å². The monoisotopic (exact) mass is 244 g/mol. The number of benzene rings is 1. The maximum absolute atomic E-state index is 10.5. The smallest absolute Gasteiger partial charge is 0.0839 e. The van der Waals surface area contributed by atoms with Gasteiger partial charge in [0.25, 0.3) is 0 Å². The van der Waals surface area contributed by atoms with Gasteiger partial charge >= 0.3 is 0 Å². The van der Waals surface area contributed by atoms with E-state index in [9.17, 15) is 5.11 Å². The number of aliphatic hydroxyl groups excluding tert-OH is 1. The van der Waals surface area contributed by atoms with E-state index in [4.69, 9.17) is 5.73 Å². The van der Waals surface area contributed by atoms with Crippen LogP contribution < -0.4 is 5.73 Å². The number of rotatable bonds is 4. The maximum atomic E-state index is 10.5. The SMILES string of the molecule is CC(C)C(CN)C(O)c1cccc2ncccc12. The first kappa shape index (κ1) is 13.0. The number of fused-ring (bicyclic) bond motifs is 1. The number of aliphatic hydroxyl groups is 1. The average molecular weight is 244 g/mol. The molecular weight excluding hydrogens is 224 g/mol. The zero-order valence-corrected chi connectivity index (χ0v) is 10.9. The molecule has 18 heavy (non-hydrogen) atoms. The predicted octanol–water partition coefficient (Wildman–Crippen LogP) is 2.50. The van der Waals surface area contributed by atoms with Crippen molar-refractivity contribution in [2.24, 2.45) is 17.6 Å². The Bertz CT molecular complexity index is 519. The van der Waals surface area contributed by atoms with Crippen molar-refractivity contribution in [2.75, 3.05) is 6.54 Å². The van der Waals surface area contributed by atoms with Crippen LogP contribution in [0.15, 0.2) is 36.5 Å². The van der Waals surface area contributed by atoms with Crippen LogP contribution in [0.1, 0.15) is 25.5 Å². The summed E-state index contributed by atoms with van der Waals surface area (Å²) >= 11 is 0. The van der Waals surface area contributed by atoms with Crippen molar-refractivity contribution in [3.05, 3.63) is 42.1 Å². The van der Waals surface area contributed by atoms with Crippen LogP contribution >= 0.6 is 0 Å². The Labute approximate surface area is 108 Å². The van der Waals surface area contributed by atoms with Crippen LogP contribution in [0.2, 0.25) is 0 Å². The van der Waals surface area contributed by atoms with Crippen molar-refractivity contribution in [3.63, 3.8) is 0 Å². The van der Waals surface area contributed by atoms with Crippen LogP contribution in [0.3, 0.4) is 0 Å². The Morgan fingerprint density at radius 3 is 2.67 bits per heavy atom. The van der Waals surface area contributed by atoms with Crippen molar-refractivity contribution in [1.82, 2.24) is 4.98 Å². The minimum absolute atomic E-state index is 0.0656. The lowest BCUT2D eigenvalue weighted by Gasteiger charge is -2.26. The van der Waals surface area contributed by atoms with Gasteiger partial charge in [-0.25, -0.2) is 0 Å². The lowest BCUT2D eigenvalue weighted by molar-refractivity contribution is 0.0873. The van der Waals surface area contributed by atoms with Crippen molar-refractivity contribution in [3.8, 4) is 0 Å². The summed E-state index contributed by atoms with van der Waals surface area (Å²) in [6, 6.07) is 9.74. The second-order valence-electron chi connectivity index (χ2n) is 5.01. The molecule has 0 saturated heterocycles. The van der Waals surface area contributed by atoms with Crippen LogP contribution in [0.5, 0.6) is 0 Å². The molecule has 3 heteroatoms. The summed E-state index contributed by atoms with van der Waals surface area (Å²) in [6.45, 7) is 4.66. The number of nitrogens with two attached hydrogens (primary N) is 1.